The Morgan fingerprint density at radius 3 is 0.800 bits per heavy atom. The Kier molecular flexibility index (Phi) is 82.4. The first-order valence-corrected chi connectivity index (χ1v) is 11.6. The normalized spacial score (nSPS) is 1.20. The van der Waals surface area contributed by atoms with Crippen molar-refractivity contribution >= 4 is 87.5 Å². The molecule has 0 nitrogen and oxygen atoms in total. The van der Waals surface area contributed by atoms with Gasteiger partial charge in [-0.3, -0.25) is 0 Å². The second-order valence-corrected chi connectivity index (χ2v) is 0. The number of rotatable bonds is 0. The van der Waals surface area contributed by atoms with Gasteiger partial charge in [0, 0.05) is 0 Å². The summed E-state index contributed by atoms with van der Waals surface area (Å²) in [5, 5.41) is 0. The van der Waals surface area contributed by atoms with Gasteiger partial charge in [0.1, 0.15) is 0 Å². The Labute approximate surface area is 85.4 Å². The topological polar surface area (TPSA) is 0 Å². The van der Waals surface area contributed by atoms with E-state index in [0.717, 1.165) is 0 Å². The molecule has 0 amide bonds. The molecule has 0 unspecified atom stereocenters. The molecule has 0 fully saturated rings. The van der Waals surface area contributed by atoms with Crippen molar-refractivity contribution in [2.24, 2.45) is 0 Å². The predicted molar refractivity (Wildman–Crippen MR) is 34.4 cm³/mol. The van der Waals surface area contributed by atoms with Crippen LogP contribution in [0.15, 0.2) is 0 Å². The molecule has 0 aliphatic carbocycles. The van der Waals surface area contributed by atoms with Crippen molar-refractivity contribution in [3.05, 3.63) is 0 Å². The van der Waals surface area contributed by atoms with E-state index in [0.29, 0.717) is 0 Å². The van der Waals surface area contributed by atoms with Crippen molar-refractivity contribution in [1.82, 2.24) is 0 Å². The van der Waals surface area contributed by atoms with Gasteiger partial charge in [0.05, 0.1) is 0 Å². The molecule has 0 aliphatic rings. The van der Waals surface area contributed by atoms with Crippen LogP contribution in [0.1, 0.15) is 0 Å². The van der Waals surface area contributed by atoms with Crippen LogP contribution < -0.4 is 0 Å². The van der Waals surface area contributed by atoms with Crippen LogP contribution in [0, 0.1) is 0 Å². The predicted octanol–water partition coefficient (Wildman–Crippen LogP) is -2.97. The average molecular weight is 441 g/mol. The van der Waals surface area contributed by atoms with Crippen molar-refractivity contribution in [3.8, 4) is 0 Å². The summed E-state index contributed by atoms with van der Waals surface area (Å²) in [6.07, 6.45) is 0. The molecule has 5 heteroatoms. The Balaban J connectivity index is -0.0000000133. The fourth-order valence-corrected chi connectivity index (χ4v) is 0. The van der Waals surface area contributed by atoms with E-state index in [1.54, 1.807) is 0 Å². The zero-order valence-corrected chi connectivity index (χ0v) is 13.1. The first-order chi connectivity index (χ1) is 2.00. The zero-order chi connectivity index (χ0) is 4.00. The first kappa shape index (κ1) is 15.8. The van der Waals surface area contributed by atoms with Gasteiger partial charge in [-0.05, 0) is 0 Å². The third kappa shape index (κ3) is 18.6. The third-order valence-electron chi connectivity index (χ3n) is 0. The summed E-state index contributed by atoms with van der Waals surface area (Å²) in [5.74, 6) is 0. The van der Waals surface area contributed by atoms with Crippen LogP contribution in [-0.4, -0.2) is 87.5 Å². The molecular weight excluding hydrogens is 437 g/mol. The van der Waals surface area contributed by atoms with Gasteiger partial charge < -0.3 is 0 Å². The van der Waals surface area contributed by atoms with Gasteiger partial charge in [0.25, 0.3) is 0 Å². The summed E-state index contributed by atoms with van der Waals surface area (Å²) >= 11 is 7.70. The van der Waals surface area contributed by atoms with E-state index in [4.69, 9.17) is 0 Å². The van der Waals surface area contributed by atoms with Gasteiger partial charge in [0.2, 0.25) is 0 Å². The van der Waals surface area contributed by atoms with Crippen molar-refractivity contribution in [3.63, 3.8) is 0 Å². The summed E-state index contributed by atoms with van der Waals surface area (Å²) in [7, 11) is 0. The molecule has 0 saturated heterocycles. The fourth-order valence-electron chi connectivity index (χ4n) is 0. The monoisotopic (exact) mass is 448 g/mol. The van der Waals surface area contributed by atoms with Crippen LogP contribution in [0.4, 0.5) is 0 Å². The second kappa shape index (κ2) is 26.1. The van der Waals surface area contributed by atoms with Crippen LogP contribution in [0.25, 0.3) is 0 Å². The number of hydrogen-bond donors (Lipinski definition) is 0. The van der Waals surface area contributed by atoms with E-state index >= 15 is 0 Å². The van der Waals surface area contributed by atoms with E-state index in [-0.39, 0.29) is 23.7 Å². The van der Waals surface area contributed by atoms with Gasteiger partial charge in [0.15, 0.2) is 0 Å². The minimum atomic E-state index is 0. The molecule has 28 valence electrons. The Morgan fingerprint density at radius 1 is 0.800 bits per heavy atom. The molecule has 0 bridgehead atoms. The van der Waals surface area contributed by atoms with Gasteiger partial charge in [-0.15, -0.1) is 0 Å². The molecular formula is H4Al2Te3. The Bertz CT molecular complexity index is 6.85. The zero-order valence-electron chi connectivity index (χ0n) is 2.73. The first-order valence-electron chi connectivity index (χ1n) is 0.577. The van der Waals surface area contributed by atoms with E-state index in [1.165, 1.54) is 0 Å². The van der Waals surface area contributed by atoms with Crippen LogP contribution >= 0.6 is 0 Å². The molecule has 0 aliphatic heterocycles. The summed E-state index contributed by atoms with van der Waals surface area (Å²) in [6.45, 7) is 0. The average Bonchev–Trinajstić information content (AvgIpc) is 1.50. The molecule has 0 aromatic carbocycles. The van der Waals surface area contributed by atoms with Crippen LogP contribution in [0.5, 0.6) is 0 Å². The standard InChI is InChI=1S/2Al.H2Te.2Te.2H/h;;1H2;;;;. The van der Waals surface area contributed by atoms with E-state index in [1.807, 2.05) is 63.8 Å². The van der Waals surface area contributed by atoms with Gasteiger partial charge in [-0.2, -0.15) is 0 Å². The summed E-state index contributed by atoms with van der Waals surface area (Å²) in [6, 6.07) is 0. The molecule has 0 radical (unpaired) electrons. The molecule has 0 spiro atoms. The Hall–Kier alpha value is 3.43. The third-order valence-corrected chi connectivity index (χ3v) is 0. The Morgan fingerprint density at radius 2 is 0.800 bits per heavy atom. The van der Waals surface area contributed by atoms with Gasteiger partial charge in [-0.25, -0.2) is 0 Å². The minimum absolute atomic E-state index is 0. The van der Waals surface area contributed by atoms with Gasteiger partial charge in [-0.1, -0.05) is 0 Å². The molecule has 0 atom stereocenters. The molecule has 0 aromatic rings. The molecule has 0 rings (SSSR count). The van der Waals surface area contributed by atoms with E-state index in [2.05, 4.69) is 0 Å². The summed E-state index contributed by atoms with van der Waals surface area (Å²) in [4.78, 5) is 0. The fraction of sp³-hybridized carbons (Fsp3) is 0. The molecule has 5 heavy (non-hydrogen) atoms. The van der Waals surface area contributed by atoms with Crippen molar-refractivity contribution in [1.29, 1.82) is 0 Å². The van der Waals surface area contributed by atoms with Crippen LogP contribution in [-0.2, 0) is 0 Å². The van der Waals surface area contributed by atoms with Gasteiger partial charge >= 0.3 is 87.5 Å². The number of hydrogen-bond acceptors (Lipinski definition) is 0. The maximum atomic E-state index is 1.98. The molecule has 0 N–H and O–H groups in total. The van der Waals surface area contributed by atoms with Crippen molar-refractivity contribution in [2.75, 3.05) is 0 Å². The molecule has 0 saturated carbocycles. The van der Waals surface area contributed by atoms with E-state index < -0.39 is 0 Å². The SMILES string of the molecule is [AlH]=[Te].[AlH]=[Te].[TeH2]. The van der Waals surface area contributed by atoms with Crippen molar-refractivity contribution in [2.45, 2.75) is 0 Å². The van der Waals surface area contributed by atoms with Crippen LogP contribution in [0.3, 0.4) is 0 Å². The molecule has 0 heterocycles. The molecule has 0 aromatic heterocycles. The van der Waals surface area contributed by atoms with E-state index in [9.17, 15) is 0 Å². The maximum absolute atomic E-state index is 1.98. The van der Waals surface area contributed by atoms with Crippen LogP contribution in [0.2, 0.25) is 0 Å². The summed E-state index contributed by atoms with van der Waals surface area (Å²) in [5.41, 5.74) is 0. The second-order valence-electron chi connectivity index (χ2n) is 0. The van der Waals surface area contributed by atoms with Crippen molar-refractivity contribution < 1.29 is 0 Å². The summed E-state index contributed by atoms with van der Waals surface area (Å²) < 4.78 is 0. The quantitative estimate of drug-likeness (QED) is 0.353.